The van der Waals surface area contributed by atoms with Crippen molar-refractivity contribution < 1.29 is 19.0 Å². The summed E-state index contributed by atoms with van der Waals surface area (Å²) in [6.45, 7) is 1.75. The summed E-state index contributed by atoms with van der Waals surface area (Å²) < 4.78 is 17.9. The Balaban J connectivity index is 1.43. The molecule has 2 aliphatic carbocycles. The maximum absolute atomic E-state index is 13.1. The predicted molar refractivity (Wildman–Crippen MR) is 95.5 cm³/mol. The Hall–Kier alpha value is -1.50. The van der Waals surface area contributed by atoms with E-state index in [1.807, 2.05) is 17.0 Å². The van der Waals surface area contributed by atoms with Crippen LogP contribution in [0.1, 0.15) is 44.1 Å². The fourth-order valence-electron chi connectivity index (χ4n) is 4.49. The van der Waals surface area contributed by atoms with Gasteiger partial charge in [0.2, 0.25) is 5.91 Å². The maximum Gasteiger partial charge on any atom is 0.225 e. The van der Waals surface area contributed by atoms with Crippen LogP contribution in [0.5, 0.6) is 0 Å². The van der Waals surface area contributed by atoms with Crippen LogP contribution in [0.2, 0.25) is 0 Å². The standard InChI is InChI=1S/C20H28N2O4/c1-24-20(7-2-8-20)13-18(23)22-11-12-25-17-4-3-16(22)19(17)26-14-15-5-9-21-10-6-15/h5-6,9-10,16-17,19H,2-4,7-8,11-14H2,1H3/t16-,17-,19-/m0/s1. The van der Waals surface area contributed by atoms with Crippen LogP contribution in [-0.2, 0) is 25.6 Å². The number of nitrogens with zero attached hydrogens (tertiary/aromatic N) is 2. The molecule has 0 unspecified atom stereocenters. The van der Waals surface area contributed by atoms with E-state index in [0.29, 0.717) is 26.2 Å². The molecule has 1 saturated heterocycles. The van der Waals surface area contributed by atoms with Gasteiger partial charge in [-0.3, -0.25) is 9.78 Å². The van der Waals surface area contributed by atoms with Gasteiger partial charge in [0, 0.05) is 26.0 Å². The van der Waals surface area contributed by atoms with Crippen LogP contribution in [0, 0.1) is 0 Å². The highest BCUT2D eigenvalue weighted by atomic mass is 16.5. The van der Waals surface area contributed by atoms with Gasteiger partial charge in [0.15, 0.2) is 0 Å². The second-order valence-electron chi connectivity index (χ2n) is 7.69. The molecule has 0 N–H and O–H groups in total. The van der Waals surface area contributed by atoms with Crippen molar-refractivity contribution in [2.24, 2.45) is 0 Å². The number of hydrogen-bond donors (Lipinski definition) is 0. The summed E-state index contributed by atoms with van der Waals surface area (Å²) >= 11 is 0. The summed E-state index contributed by atoms with van der Waals surface area (Å²) in [5.41, 5.74) is 0.852. The minimum Gasteiger partial charge on any atom is -0.378 e. The van der Waals surface area contributed by atoms with Crippen molar-refractivity contribution in [3.63, 3.8) is 0 Å². The molecule has 3 aliphatic rings. The highest BCUT2D eigenvalue weighted by molar-refractivity contribution is 5.78. The van der Waals surface area contributed by atoms with Crippen molar-refractivity contribution in [1.29, 1.82) is 0 Å². The molecule has 1 aromatic heterocycles. The largest absolute Gasteiger partial charge is 0.378 e. The Labute approximate surface area is 154 Å². The number of ether oxygens (including phenoxy) is 3. The molecule has 4 rings (SSSR count). The van der Waals surface area contributed by atoms with Crippen molar-refractivity contribution in [2.75, 3.05) is 20.3 Å². The minimum absolute atomic E-state index is 0.0606. The maximum atomic E-state index is 13.1. The lowest BCUT2D eigenvalue weighted by Crippen LogP contribution is -2.50. The van der Waals surface area contributed by atoms with Crippen molar-refractivity contribution in [3.05, 3.63) is 30.1 Å². The zero-order chi connectivity index (χ0) is 18.0. The molecule has 1 amide bonds. The van der Waals surface area contributed by atoms with Gasteiger partial charge in [-0.05, 0) is 49.8 Å². The predicted octanol–water partition coefficient (Wildman–Crippen LogP) is 2.32. The first-order valence-electron chi connectivity index (χ1n) is 9.67. The van der Waals surface area contributed by atoms with Crippen molar-refractivity contribution in [3.8, 4) is 0 Å². The smallest absolute Gasteiger partial charge is 0.225 e. The number of carbonyl (C=O) groups is 1. The third-order valence-electron chi connectivity index (χ3n) is 6.24. The lowest BCUT2D eigenvalue weighted by molar-refractivity contribution is -0.148. The molecule has 3 fully saturated rings. The van der Waals surface area contributed by atoms with Crippen LogP contribution >= 0.6 is 0 Å². The first-order valence-corrected chi connectivity index (χ1v) is 9.67. The van der Waals surface area contributed by atoms with E-state index in [4.69, 9.17) is 14.2 Å². The van der Waals surface area contributed by atoms with Crippen molar-refractivity contribution >= 4 is 5.91 Å². The average molecular weight is 360 g/mol. The molecule has 2 saturated carbocycles. The Bertz CT molecular complexity index is 614. The topological polar surface area (TPSA) is 60.9 Å². The van der Waals surface area contributed by atoms with Crippen LogP contribution < -0.4 is 0 Å². The van der Waals surface area contributed by atoms with E-state index in [2.05, 4.69) is 4.98 Å². The number of carbonyl (C=O) groups excluding carboxylic acids is 1. The molecule has 0 radical (unpaired) electrons. The van der Waals surface area contributed by atoms with E-state index in [9.17, 15) is 4.79 Å². The van der Waals surface area contributed by atoms with E-state index in [1.54, 1.807) is 19.5 Å². The number of hydrogen-bond acceptors (Lipinski definition) is 5. The normalized spacial score (nSPS) is 29.9. The molecule has 142 valence electrons. The van der Waals surface area contributed by atoms with Crippen LogP contribution in [0.3, 0.4) is 0 Å². The molecule has 0 spiro atoms. The summed E-state index contributed by atoms with van der Waals surface area (Å²) in [5, 5.41) is 0. The fourth-order valence-corrected chi connectivity index (χ4v) is 4.49. The number of methoxy groups -OCH3 is 1. The molecule has 1 aliphatic heterocycles. The van der Waals surface area contributed by atoms with Gasteiger partial charge in [-0.15, -0.1) is 0 Å². The second-order valence-corrected chi connectivity index (χ2v) is 7.69. The molecule has 6 heteroatoms. The van der Waals surface area contributed by atoms with E-state index in [-0.39, 0.29) is 29.8 Å². The zero-order valence-electron chi connectivity index (χ0n) is 15.4. The number of aromatic nitrogens is 1. The monoisotopic (exact) mass is 360 g/mol. The Morgan fingerprint density at radius 1 is 1.35 bits per heavy atom. The highest BCUT2D eigenvalue weighted by Crippen LogP contribution is 2.40. The van der Waals surface area contributed by atoms with Crippen molar-refractivity contribution in [1.82, 2.24) is 9.88 Å². The van der Waals surface area contributed by atoms with E-state index < -0.39 is 0 Å². The van der Waals surface area contributed by atoms with Crippen LogP contribution in [0.25, 0.3) is 0 Å². The number of rotatable bonds is 6. The zero-order valence-corrected chi connectivity index (χ0v) is 15.4. The van der Waals surface area contributed by atoms with Gasteiger partial charge in [0.1, 0.15) is 6.10 Å². The minimum atomic E-state index is -0.240. The summed E-state index contributed by atoms with van der Waals surface area (Å²) in [6, 6.07) is 4.02. The Morgan fingerprint density at radius 2 is 2.15 bits per heavy atom. The molecule has 6 nitrogen and oxygen atoms in total. The highest BCUT2D eigenvalue weighted by Gasteiger charge is 2.47. The van der Waals surface area contributed by atoms with Crippen LogP contribution in [0.4, 0.5) is 0 Å². The first-order chi connectivity index (χ1) is 12.7. The van der Waals surface area contributed by atoms with Crippen LogP contribution in [0.15, 0.2) is 24.5 Å². The van der Waals surface area contributed by atoms with Gasteiger partial charge < -0.3 is 19.1 Å². The lowest BCUT2D eigenvalue weighted by atomic mass is 9.77. The molecule has 3 atom stereocenters. The quantitative estimate of drug-likeness (QED) is 0.779. The molecular weight excluding hydrogens is 332 g/mol. The van der Waals surface area contributed by atoms with Gasteiger partial charge in [0.25, 0.3) is 0 Å². The Morgan fingerprint density at radius 3 is 2.85 bits per heavy atom. The Kier molecular flexibility index (Phi) is 5.25. The molecule has 0 aromatic carbocycles. The van der Waals surface area contributed by atoms with E-state index in [0.717, 1.165) is 37.7 Å². The SMILES string of the molecule is COC1(CC(=O)N2CCO[C@H]3CC[C@H]2[C@@H]3OCc2ccncc2)CCC1. The average Bonchev–Trinajstić information content (AvgIpc) is 2.92. The molecular formula is C20H28N2O4. The fraction of sp³-hybridized carbons (Fsp3) is 0.700. The van der Waals surface area contributed by atoms with Gasteiger partial charge in [0.05, 0.1) is 37.4 Å². The molecule has 2 heterocycles. The molecule has 1 aromatic rings. The summed E-state index contributed by atoms with van der Waals surface area (Å²) in [4.78, 5) is 19.1. The third kappa shape index (κ3) is 3.50. The summed E-state index contributed by atoms with van der Waals surface area (Å²) in [7, 11) is 1.73. The van der Waals surface area contributed by atoms with Crippen molar-refractivity contribution in [2.45, 2.75) is 69.0 Å². The van der Waals surface area contributed by atoms with E-state index in [1.165, 1.54) is 0 Å². The summed E-state index contributed by atoms with van der Waals surface area (Å²) in [6.07, 6.45) is 9.04. The summed E-state index contributed by atoms with van der Waals surface area (Å²) in [5.74, 6) is 0.181. The third-order valence-corrected chi connectivity index (χ3v) is 6.24. The lowest BCUT2D eigenvalue weighted by Gasteiger charge is -2.42. The number of pyridine rings is 1. The van der Waals surface area contributed by atoms with E-state index >= 15 is 0 Å². The number of fused-ring (bicyclic) bond motifs is 2. The number of amides is 1. The van der Waals surface area contributed by atoms with Crippen LogP contribution in [-0.4, -0.2) is 59.9 Å². The van der Waals surface area contributed by atoms with Gasteiger partial charge >= 0.3 is 0 Å². The molecule has 26 heavy (non-hydrogen) atoms. The molecule has 2 bridgehead atoms. The van der Waals surface area contributed by atoms with Gasteiger partial charge in [-0.2, -0.15) is 0 Å². The second kappa shape index (κ2) is 7.62. The van der Waals surface area contributed by atoms with Gasteiger partial charge in [-0.1, -0.05) is 0 Å². The first kappa shape index (κ1) is 17.9. The van der Waals surface area contributed by atoms with Gasteiger partial charge in [-0.25, -0.2) is 0 Å².